The van der Waals surface area contributed by atoms with Crippen molar-refractivity contribution in [2.75, 3.05) is 27.2 Å². The number of hydrogen-bond donors (Lipinski definition) is 1. The second-order valence-electron chi connectivity index (χ2n) is 5.11. The summed E-state index contributed by atoms with van der Waals surface area (Å²) >= 11 is 0. The van der Waals surface area contributed by atoms with Crippen molar-refractivity contribution in [2.24, 2.45) is 0 Å². The number of aryl methyl sites for hydroxylation is 1. The van der Waals surface area contributed by atoms with Crippen molar-refractivity contribution in [3.63, 3.8) is 0 Å². The van der Waals surface area contributed by atoms with Gasteiger partial charge in [-0.2, -0.15) is 0 Å². The molecule has 4 nitrogen and oxygen atoms in total. The van der Waals surface area contributed by atoms with Crippen LogP contribution in [0.4, 0.5) is 0 Å². The molecule has 0 aliphatic heterocycles. The van der Waals surface area contributed by atoms with Crippen LogP contribution in [0, 0.1) is 6.92 Å². The highest BCUT2D eigenvalue weighted by Gasteiger charge is 2.25. The van der Waals surface area contributed by atoms with Gasteiger partial charge in [0.1, 0.15) is 18.1 Å². The third kappa shape index (κ3) is 3.83. The lowest BCUT2D eigenvalue weighted by molar-refractivity contribution is 0.0855. The molecule has 0 amide bonds. The van der Waals surface area contributed by atoms with Crippen molar-refractivity contribution in [3.8, 4) is 0 Å². The molecular formula is C14H24N2O2. The molecule has 1 aliphatic rings. The van der Waals surface area contributed by atoms with Crippen molar-refractivity contribution in [1.82, 2.24) is 10.2 Å². The number of furan rings is 1. The maximum atomic E-state index is 5.72. The second kappa shape index (κ2) is 6.36. The van der Waals surface area contributed by atoms with Crippen molar-refractivity contribution >= 4 is 0 Å². The lowest BCUT2D eigenvalue weighted by Crippen LogP contribution is -2.25. The molecule has 0 spiro atoms. The minimum Gasteiger partial charge on any atom is -0.462 e. The van der Waals surface area contributed by atoms with Gasteiger partial charge in [-0.1, -0.05) is 0 Å². The predicted octanol–water partition coefficient (Wildman–Crippen LogP) is 1.92. The normalized spacial score (nSPS) is 15.6. The highest BCUT2D eigenvalue weighted by molar-refractivity contribution is 5.19. The fourth-order valence-corrected chi connectivity index (χ4v) is 2.08. The number of likely N-dealkylation sites (N-methyl/N-ethyl adjacent to an activating group) is 1. The second-order valence-corrected chi connectivity index (χ2v) is 5.11. The summed E-state index contributed by atoms with van der Waals surface area (Å²) in [6.45, 7) is 5.20. The average molecular weight is 252 g/mol. The highest BCUT2D eigenvalue weighted by atomic mass is 16.5. The molecule has 1 aliphatic carbocycles. The molecule has 18 heavy (non-hydrogen) atoms. The smallest absolute Gasteiger partial charge is 0.130 e. The first-order valence-electron chi connectivity index (χ1n) is 6.71. The first-order valence-corrected chi connectivity index (χ1v) is 6.71. The molecule has 0 aromatic carbocycles. The largest absolute Gasteiger partial charge is 0.462 e. The molecule has 1 fully saturated rings. The zero-order valence-corrected chi connectivity index (χ0v) is 11.7. The van der Waals surface area contributed by atoms with Crippen LogP contribution in [0.2, 0.25) is 0 Å². The zero-order chi connectivity index (χ0) is 13.0. The van der Waals surface area contributed by atoms with Crippen LogP contribution in [0.15, 0.2) is 10.5 Å². The van der Waals surface area contributed by atoms with Gasteiger partial charge in [0.15, 0.2) is 0 Å². The van der Waals surface area contributed by atoms with Gasteiger partial charge in [-0.25, -0.2) is 0 Å². The van der Waals surface area contributed by atoms with E-state index in [-0.39, 0.29) is 0 Å². The van der Waals surface area contributed by atoms with Gasteiger partial charge in [0, 0.05) is 12.6 Å². The van der Waals surface area contributed by atoms with Crippen molar-refractivity contribution in [3.05, 3.63) is 23.2 Å². The molecule has 0 atom stereocenters. The van der Waals surface area contributed by atoms with E-state index in [1.165, 1.54) is 18.4 Å². The average Bonchev–Trinajstić information content (AvgIpc) is 3.12. The summed E-state index contributed by atoms with van der Waals surface area (Å²) < 4.78 is 11.4. The van der Waals surface area contributed by atoms with Gasteiger partial charge < -0.3 is 19.4 Å². The Bertz CT molecular complexity index is 372. The van der Waals surface area contributed by atoms with Gasteiger partial charge >= 0.3 is 0 Å². The Morgan fingerprint density at radius 3 is 2.94 bits per heavy atom. The van der Waals surface area contributed by atoms with Crippen molar-refractivity contribution in [1.29, 1.82) is 0 Å². The van der Waals surface area contributed by atoms with Crippen molar-refractivity contribution < 1.29 is 9.15 Å². The van der Waals surface area contributed by atoms with Crippen LogP contribution >= 0.6 is 0 Å². The SMILES string of the molecule is CNCc1oc(COCCN(C)C2CC2)cc1C. The Labute approximate surface area is 109 Å². The van der Waals surface area contributed by atoms with E-state index in [2.05, 4.69) is 30.3 Å². The van der Waals surface area contributed by atoms with Crippen LogP contribution < -0.4 is 5.32 Å². The third-order valence-corrected chi connectivity index (χ3v) is 3.41. The highest BCUT2D eigenvalue weighted by Crippen LogP contribution is 2.24. The number of nitrogens with one attached hydrogen (secondary N) is 1. The Morgan fingerprint density at radius 2 is 2.28 bits per heavy atom. The minimum absolute atomic E-state index is 0.572. The molecule has 1 aromatic rings. The summed E-state index contributed by atoms with van der Waals surface area (Å²) in [5.41, 5.74) is 1.19. The molecule has 0 saturated heterocycles. The third-order valence-electron chi connectivity index (χ3n) is 3.41. The Kier molecular flexibility index (Phi) is 4.80. The topological polar surface area (TPSA) is 37.6 Å². The maximum Gasteiger partial charge on any atom is 0.130 e. The lowest BCUT2D eigenvalue weighted by atomic mass is 10.2. The van der Waals surface area contributed by atoms with Crippen LogP contribution in [0.1, 0.15) is 29.9 Å². The molecule has 0 radical (unpaired) electrons. The Hall–Kier alpha value is -0.840. The van der Waals surface area contributed by atoms with Crippen LogP contribution in [-0.4, -0.2) is 38.2 Å². The predicted molar refractivity (Wildman–Crippen MR) is 71.5 cm³/mol. The molecule has 1 aromatic heterocycles. The van der Waals surface area contributed by atoms with E-state index in [0.717, 1.165) is 37.3 Å². The molecule has 1 heterocycles. The molecule has 1 N–H and O–H groups in total. The zero-order valence-electron chi connectivity index (χ0n) is 11.7. The Balaban J connectivity index is 1.67. The molecule has 4 heteroatoms. The Morgan fingerprint density at radius 1 is 1.50 bits per heavy atom. The van der Waals surface area contributed by atoms with E-state index in [0.29, 0.717) is 6.61 Å². The van der Waals surface area contributed by atoms with Gasteiger partial charge in [0.2, 0.25) is 0 Å². The summed E-state index contributed by atoms with van der Waals surface area (Å²) in [6, 6.07) is 2.87. The van der Waals surface area contributed by atoms with E-state index in [4.69, 9.17) is 9.15 Å². The summed E-state index contributed by atoms with van der Waals surface area (Å²) in [7, 11) is 4.09. The van der Waals surface area contributed by atoms with Gasteiger partial charge in [0.25, 0.3) is 0 Å². The molecular weight excluding hydrogens is 228 g/mol. The summed E-state index contributed by atoms with van der Waals surface area (Å²) in [5, 5.41) is 3.10. The number of ether oxygens (including phenoxy) is 1. The fraction of sp³-hybridized carbons (Fsp3) is 0.714. The van der Waals surface area contributed by atoms with Crippen LogP contribution in [0.5, 0.6) is 0 Å². The summed E-state index contributed by atoms with van der Waals surface area (Å²) in [6.07, 6.45) is 2.70. The monoisotopic (exact) mass is 252 g/mol. The first-order chi connectivity index (χ1) is 8.70. The molecule has 0 unspecified atom stereocenters. The fourth-order valence-electron chi connectivity index (χ4n) is 2.08. The maximum absolute atomic E-state index is 5.72. The van der Waals surface area contributed by atoms with Crippen LogP contribution in [0.25, 0.3) is 0 Å². The number of rotatable bonds is 8. The van der Waals surface area contributed by atoms with E-state index in [1.807, 2.05) is 7.05 Å². The van der Waals surface area contributed by atoms with Crippen molar-refractivity contribution in [2.45, 2.75) is 39.0 Å². The summed E-state index contributed by atoms with van der Waals surface area (Å²) in [5.74, 6) is 1.93. The number of nitrogens with zero attached hydrogens (tertiary/aromatic N) is 1. The van der Waals surface area contributed by atoms with Gasteiger partial charge in [0.05, 0.1) is 13.2 Å². The van der Waals surface area contributed by atoms with Crippen LogP contribution in [0.3, 0.4) is 0 Å². The first kappa shape index (κ1) is 13.6. The van der Waals surface area contributed by atoms with Crippen LogP contribution in [-0.2, 0) is 17.9 Å². The van der Waals surface area contributed by atoms with E-state index < -0.39 is 0 Å². The van der Waals surface area contributed by atoms with Gasteiger partial charge in [-0.15, -0.1) is 0 Å². The molecule has 1 saturated carbocycles. The van der Waals surface area contributed by atoms with Gasteiger partial charge in [-0.3, -0.25) is 0 Å². The van der Waals surface area contributed by atoms with E-state index in [1.54, 1.807) is 0 Å². The minimum atomic E-state index is 0.572. The lowest BCUT2D eigenvalue weighted by Gasteiger charge is -2.14. The van der Waals surface area contributed by atoms with E-state index >= 15 is 0 Å². The molecule has 2 rings (SSSR count). The van der Waals surface area contributed by atoms with Gasteiger partial charge in [-0.05, 0) is 45.5 Å². The number of hydrogen-bond acceptors (Lipinski definition) is 4. The molecule has 102 valence electrons. The van der Waals surface area contributed by atoms with E-state index in [9.17, 15) is 0 Å². The quantitative estimate of drug-likeness (QED) is 0.717. The summed E-state index contributed by atoms with van der Waals surface area (Å²) in [4.78, 5) is 2.37. The standard InChI is InChI=1S/C14H24N2O2/c1-11-8-13(18-14(11)9-15-2)10-17-7-6-16(3)12-4-5-12/h8,12,15H,4-7,9-10H2,1-3H3. The molecule has 0 bridgehead atoms.